The number of rotatable bonds is 5. The average molecular weight is 433 g/mol. The van der Waals surface area contributed by atoms with Gasteiger partial charge in [-0.2, -0.15) is 0 Å². The van der Waals surface area contributed by atoms with Crippen LogP contribution in [0.4, 0.5) is 5.82 Å². The van der Waals surface area contributed by atoms with E-state index in [2.05, 4.69) is 15.5 Å². The molecule has 2 aromatic heterocycles. The summed E-state index contributed by atoms with van der Waals surface area (Å²) in [6.07, 6.45) is 1.60. The van der Waals surface area contributed by atoms with Crippen molar-refractivity contribution in [2.45, 2.75) is 13.8 Å². The highest BCUT2D eigenvalue weighted by molar-refractivity contribution is 6.39. The molecule has 0 radical (unpaired) electrons. The molecule has 0 saturated carbocycles. The second kappa shape index (κ2) is 8.63. The van der Waals surface area contributed by atoms with Gasteiger partial charge in [0.2, 0.25) is 5.91 Å². The van der Waals surface area contributed by atoms with E-state index in [-0.39, 0.29) is 23.7 Å². The molecule has 29 heavy (non-hydrogen) atoms. The van der Waals surface area contributed by atoms with Crippen molar-refractivity contribution in [3.8, 4) is 11.3 Å². The molecular formula is C20H18Cl2N4O3. The van der Waals surface area contributed by atoms with Crippen LogP contribution in [0.5, 0.6) is 0 Å². The Morgan fingerprint density at radius 1 is 1.17 bits per heavy atom. The van der Waals surface area contributed by atoms with Crippen molar-refractivity contribution in [1.82, 2.24) is 15.0 Å². The van der Waals surface area contributed by atoms with E-state index in [9.17, 15) is 9.59 Å². The largest absolute Gasteiger partial charge is 0.360 e. The predicted molar refractivity (Wildman–Crippen MR) is 111 cm³/mol. The van der Waals surface area contributed by atoms with Gasteiger partial charge in [0.15, 0.2) is 0 Å². The van der Waals surface area contributed by atoms with Crippen LogP contribution in [0.3, 0.4) is 0 Å². The molecule has 2 amide bonds. The normalized spacial score (nSPS) is 10.7. The number of aromatic nitrogens is 2. The standard InChI is InChI=1S/C20H18Cl2N4O3/c1-11-7-8-23-15(9-11)24-16(27)10-26(3)20(28)17-12(2)29-25-19(17)18-13(21)5-4-6-14(18)22/h4-9H,10H2,1-3H3,(H,23,24,27). The fourth-order valence-electron chi connectivity index (χ4n) is 2.78. The van der Waals surface area contributed by atoms with Crippen molar-refractivity contribution >= 4 is 40.8 Å². The van der Waals surface area contributed by atoms with Gasteiger partial charge in [-0.05, 0) is 43.7 Å². The summed E-state index contributed by atoms with van der Waals surface area (Å²) in [5, 5.41) is 7.31. The van der Waals surface area contributed by atoms with Gasteiger partial charge in [0.05, 0.1) is 16.6 Å². The van der Waals surface area contributed by atoms with E-state index < -0.39 is 5.91 Å². The molecule has 1 N–H and O–H groups in total. The molecule has 150 valence electrons. The van der Waals surface area contributed by atoms with Gasteiger partial charge in [-0.15, -0.1) is 0 Å². The number of nitrogens with one attached hydrogen (secondary N) is 1. The number of carbonyl (C=O) groups is 2. The highest BCUT2D eigenvalue weighted by atomic mass is 35.5. The summed E-state index contributed by atoms with van der Waals surface area (Å²) in [4.78, 5) is 30.7. The van der Waals surface area contributed by atoms with E-state index in [0.29, 0.717) is 27.2 Å². The molecule has 0 fully saturated rings. The molecule has 0 aliphatic carbocycles. The Labute approximate surface area is 177 Å². The van der Waals surface area contributed by atoms with E-state index in [4.69, 9.17) is 27.7 Å². The molecule has 3 aromatic rings. The van der Waals surface area contributed by atoms with Gasteiger partial charge in [-0.25, -0.2) is 4.98 Å². The molecule has 0 spiro atoms. The first-order chi connectivity index (χ1) is 13.8. The second-order valence-corrected chi connectivity index (χ2v) is 7.30. The zero-order chi connectivity index (χ0) is 21.1. The van der Waals surface area contributed by atoms with Crippen LogP contribution in [0.2, 0.25) is 10.0 Å². The third-order valence-electron chi connectivity index (χ3n) is 4.19. The molecule has 9 heteroatoms. The number of amides is 2. The molecule has 0 bridgehead atoms. The minimum Gasteiger partial charge on any atom is -0.360 e. The van der Waals surface area contributed by atoms with Crippen molar-refractivity contribution in [2.75, 3.05) is 18.9 Å². The minimum absolute atomic E-state index is 0.186. The van der Waals surface area contributed by atoms with Crippen LogP contribution in [0.1, 0.15) is 21.7 Å². The van der Waals surface area contributed by atoms with Crippen molar-refractivity contribution in [2.24, 2.45) is 0 Å². The van der Waals surface area contributed by atoms with E-state index in [1.165, 1.54) is 11.9 Å². The number of benzene rings is 1. The lowest BCUT2D eigenvalue weighted by Crippen LogP contribution is -2.35. The second-order valence-electron chi connectivity index (χ2n) is 6.49. The van der Waals surface area contributed by atoms with E-state index >= 15 is 0 Å². The van der Waals surface area contributed by atoms with Crippen LogP contribution in [0.15, 0.2) is 41.1 Å². The minimum atomic E-state index is -0.443. The van der Waals surface area contributed by atoms with Gasteiger partial charge < -0.3 is 14.7 Å². The highest BCUT2D eigenvalue weighted by Crippen LogP contribution is 2.37. The molecule has 1 aromatic carbocycles. The molecule has 0 aliphatic rings. The van der Waals surface area contributed by atoms with Crippen LogP contribution in [-0.4, -0.2) is 40.4 Å². The highest BCUT2D eigenvalue weighted by Gasteiger charge is 2.27. The number of pyridine rings is 1. The van der Waals surface area contributed by atoms with Crippen LogP contribution < -0.4 is 5.32 Å². The van der Waals surface area contributed by atoms with Crippen molar-refractivity contribution in [1.29, 1.82) is 0 Å². The molecule has 0 unspecified atom stereocenters. The maximum absolute atomic E-state index is 13.0. The Morgan fingerprint density at radius 3 is 2.52 bits per heavy atom. The maximum Gasteiger partial charge on any atom is 0.259 e. The summed E-state index contributed by atoms with van der Waals surface area (Å²) in [5.74, 6) is -0.110. The fraction of sp³-hybridized carbons (Fsp3) is 0.200. The van der Waals surface area contributed by atoms with Crippen molar-refractivity contribution in [3.05, 3.63) is 63.5 Å². The molecule has 0 aliphatic heterocycles. The third-order valence-corrected chi connectivity index (χ3v) is 4.82. The Balaban J connectivity index is 1.82. The maximum atomic E-state index is 13.0. The SMILES string of the molecule is Cc1ccnc(NC(=O)CN(C)C(=O)c2c(-c3c(Cl)cccc3Cl)noc2C)c1. The number of likely N-dealkylation sites (N-methyl/N-ethyl adjacent to an activating group) is 1. The lowest BCUT2D eigenvalue weighted by atomic mass is 10.0. The van der Waals surface area contributed by atoms with E-state index in [1.54, 1.807) is 37.4 Å². The van der Waals surface area contributed by atoms with Crippen LogP contribution in [-0.2, 0) is 4.79 Å². The summed E-state index contributed by atoms with van der Waals surface area (Å²) in [6.45, 7) is 3.32. The molecule has 2 heterocycles. The van der Waals surface area contributed by atoms with E-state index in [0.717, 1.165) is 5.56 Å². The number of halogens is 2. The topological polar surface area (TPSA) is 88.3 Å². The first kappa shape index (κ1) is 20.8. The lowest BCUT2D eigenvalue weighted by molar-refractivity contribution is -0.116. The first-order valence-corrected chi connectivity index (χ1v) is 9.42. The summed E-state index contributed by atoms with van der Waals surface area (Å²) < 4.78 is 5.22. The van der Waals surface area contributed by atoms with Crippen molar-refractivity contribution in [3.63, 3.8) is 0 Å². The number of anilines is 1. The Kier molecular flexibility index (Phi) is 6.20. The zero-order valence-corrected chi connectivity index (χ0v) is 17.5. The Bertz CT molecular complexity index is 1060. The Hall–Kier alpha value is -2.90. The van der Waals surface area contributed by atoms with Gasteiger partial charge in [0, 0.05) is 18.8 Å². The van der Waals surface area contributed by atoms with Crippen molar-refractivity contribution < 1.29 is 14.1 Å². The zero-order valence-electron chi connectivity index (χ0n) is 16.0. The molecule has 0 saturated heterocycles. The number of carbonyl (C=O) groups excluding carboxylic acids is 2. The van der Waals surface area contributed by atoms with E-state index in [1.807, 2.05) is 13.0 Å². The summed E-state index contributed by atoms with van der Waals surface area (Å²) in [7, 11) is 1.51. The van der Waals surface area contributed by atoms with Gasteiger partial charge in [-0.1, -0.05) is 34.4 Å². The summed E-state index contributed by atoms with van der Waals surface area (Å²) in [6, 6.07) is 8.54. The summed E-state index contributed by atoms with van der Waals surface area (Å²) >= 11 is 12.5. The fourth-order valence-corrected chi connectivity index (χ4v) is 3.36. The predicted octanol–water partition coefficient (Wildman–Crippen LogP) is 4.37. The molecule has 0 atom stereocenters. The number of nitrogens with zero attached hydrogens (tertiary/aromatic N) is 3. The van der Waals surface area contributed by atoms with Gasteiger partial charge in [0.25, 0.3) is 5.91 Å². The summed E-state index contributed by atoms with van der Waals surface area (Å²) in [5.41, 5.74) is 1.79. The molecule has 7 nitrogen and oxygen atoms in total. The average Bonchev–Trinajstić information content (AvgIpc) is 3.02. The van der Waals surface area contributed by atoms with Crippen LogP contribution >= 0.6 is 23.2 Å². The molecular weight excluding hydrogens is 415 g/mol. The van der Waals surface area contributed by atoms with Gasteiger partial charge in [0.1, 0.15) is 22.8 Å². The first-order valence-electron chi connectivity index (χ1n) is 8.66. The number of hydrogen-bond donors (Lipinski definition) is 1. The van der Waals surface area contributed by atoms with Gasteiger partial charge >= 0.3 is 0 Å². The van der Waals surface area contributed by atoms with Crippen LogP contribution in [0.25, 0.3) is 11.3 Å². The Morgan fingerprint density at radius 2 is 1.86 bits per heavy atom. The third kappa shape index (κ3) is 4.58. The monoisotopic (exact) mass is 432 g/mol. The lowest BCUT2D eigenvalue weighted by Gasteiger charge is -2.17. The number of aryl methyl sites for hydroxylation is 2. The van der Waals surface area contributed by atoms with Crippen LogP contribution in [0, 0.1) is 13.8 Å². The number of hydrogen-bond acceptors (Lipinski definition) is 5. The van der Waals surface area contributed by atoms with Gasteiger partial charge in [-0.3, -0.25) is 9.59 Å². The molecule has 3 rings (SSSR count). The quantitative estimate of drug-likeness (QED) is 0.646. The smallest absolute Gasteiger partial charge is 0.259 e.